The lowest BCUT2D eigenvalue weighted by Crippen LogP contribution is -2.52. The third kappa shape index (κ3) is 5.26. The first-order valence-electron chi connectivity index (χ1n) is 8.34. The number of nitrogens with zero attached hydrogens (tertiary/aromatic N) is 2. The van der Waals surface area contributed by atoms with E-state index >= 15 is 0 Å². The van der Waals surface area contributed by atoms with Gasteiger partial charge in [-0.3, -0.25) is 9.59 Å². The molecule has 1 fully saturated rings. The van der Waals surface area contributed by atoms with Crippen LogP contribution in [0.4, 0.5) is 4.39 Å². The minimum atomic E-state index is -1.15. The Morgan fingerprint density at radius 3 is 2.77 bits per heavy atom. The van der Waals surface area contributed by atoms with Crippen LogP contribution in [0.15, 0.2) is 28.7 Å². The second-order valence-electron chi connectivity index (χ2n) is 6.92. The molecule has 6 nitrogen and oxygen atoms in total. The predicted molar refractivity (Wildman–Crippen MR) is 99.2 cm³/mol. The molecule has 2 N–H and O–H groups in total. The van der Waals surface area contributed by atoms with Crippen LogP contribution in [0, 0.1) is 11.3 Å². The van der Waals surface area contributed by atoms with Crippen LogP contribution < -0.4 is 10.6 Å². The first-order valence-corrected chi connectivity index (χ1v) is 9.14. The van der Waals surface area contributed by atoms with E-state index < -0.39 is 17.8 Å². The highest BCUT2D eigenvalue weighted by molar-refractivity contribution is 9.10. The van der Waals surface area contributed by atoms with Crippen LogP contribution in [0.5, 0.6) is 0 Å². The Morgan fingerprint density at radius 1 is 1.42 bits per heavy atom. The fraction of sp³-hybridized carbons (Fsp3) is 0.500. The first-order chi connectivity index (χ1) is 12.2. The number of carbonyl (C=O) groups is 2. The van der Waals surface area contributed by atoms with E-state index in [1.807, 2.05) is 26.0 Å². The molecule has 26 heavy (non-hydrogen) atoms. The Labute approximate surface area is 160 Å². The maximum Gasteiger partial charge on any atom is 0.252 e. The molecule has 0 unspecified atom stereocenters. The molecule has 1 aromatic rings. The van der Waals surface area contributed by atoms with Crippen LogP contribution in [0.2, 0.25) is 0 Å². The fourth-order valence-corrected chi connectivity index (χ4v) is 3.17. The van der Waals surface area contributed by atoms with Crippen molar-refractivity contribution < 1.29 is 14.0 Å². The third-order valence-corrected chi connectivity index (χ3v) is 4.94. The molecule has 0 saturated carbocycles. The second-order valence-corrected chi connectivity index (χ2v) is 7.78. The molecular weight excluding hydrogens is 403 g/mol. The molecule has 8 heteroatoms. The predicted octanol–water partition coefficient (Wildman–Crippen LogP) is 2.01. The highest BCUT2D eigenvalue weighted by atomic mass is 79.9. The van der Waals surface area contributed by atoms with Crippen LogP contribution in [0.25, 0.3) is 0 Å². The SMILES string of the molecule is CC(C)(CNC(=O)c1ccccc1Br)NCC(=O)N1C[C@@H](F)C[C@H]1C#N. The van der Waals surface area contributed by atoms with Crippen molar-refractivity contribution in [2.45, 2.75) is 38.0 Å². The molecule has 2 amide bonds. The Kier molecular flexibility index (Phi) is 6.73. The summed E-state index contributed by atoms with van der Waals surface area (Å²) in [4.78, 5) is 25.8. The van der Waals surface area contributed by atoms with Gasteiger partial charge in [-0.1, -0.05) is 12.1 Å². The summed E-state index contributed by atoms with van der Waals surface area (Å²) in [5.41, 5.74) is -0.0221. The van der Waals surface area contributed by atoms with Crippen LogP contribution in [0.3, 0.4) is 0 Å². The van der Waals surface area contributed by atoms with Gasteiger partial charge in [0, 0.05) is 23.0 Å². The normalized spacial score (nSPS) is 19.9. The number of alkyl halides is 1. The van der Waals surface area contributed by atoms with E-state index in [1.54, 1.807) is 18.2 Å². The van der Waals surface area contributed by atoms with Crippen LogP contribution in [0.1, 0.15) is 30.6 Å². The summed E-state index contributed by atoms with van der Waals surface area (Å²) in [7, 11) is 0. The van der Waals surface area contributed by atoms with Gasteiger partial charge < -0.3 is 15.5 Å². The Balaban J connectivity index is 1.85. The summed E-state index contributed by atoms with van der Waals surface area (Å²) in [6.45, 7) is 3.93. The number of nitrogens with one attached hydrogen (secondary N) is 2. The summed E-state index contributed by atoms with van der Waals surface area (Å²) in [5, 5.41) is 14.9. The molecule has 140 valence electrons. The Morgan fingerprint density at radius 2 is 2.12 bits per heavy atom. The molecule has 2 rings (SSSR count). The summed E-state index contributed by atoms with van der Waals surface area (Å²) in [6, 6.07) is 8.36. The molecule has 0 aromatic heterocycles. The van der Waals surface area contributed by atoms with Gasteiger partial charge in [0.25, 0.3) is 5.91 Å². The molecule has 1 saturated heterocycles. The summed E-state index contributed by atoms with van der Waals surface area (Å²) in [6.07, 6.45) is -1.09. The van der Waals surface area contributed by atoms with Crippen molar-refractivity contribution in [3.8, 4) is 6.07 Å². The van der Waals surface area contributed by atoms with Gasteiger partial charge in [-0.15, -0.1) is 0 Å². The lowest BCUT2D eigenvalue weighted by atomic mass is 10.1. The molecule has 1 aliphatic heterocycles. The lowest BCUT2D eigenvalue weighted by molar-refractivity contribution is -0.130. The summed E-state index contributed by atoms with van der Waals surface area (Å²) < 4.78 is 14.1. The largest absolute Gasteiger partial charge is 0.350 e. The van der Waals surface area contributed by atoms with E-state index in [1.165, 1.54) is 4.90 Å². The van der Waals surface area contributed by atoms with Crippen molar-refractivity contribution in [2.24, 2.45) is 0 Å². The van der Waals surface area contributed by atoms with Crippen molar-refractivity contribution in [2.75, 3.05) is 19.6 Å². The van der Waals surface area contributed by atoms with Gasteiger partial charge >= 0.3 is 0 Å². The first kappa shape index (κ1) is 20.3. The average Bonchev–Trinajstić information content (AvgIpc) is 2.99. The quantitative estimate of drug-likeness (QED) is 0.731. The number of carbonyl (C=O) groups excluding carboxylic acids is 2. The van der Waals surface area contributed by atoms with Gasteiger partial charge in [0.15, 0.2) is 0 Å². The van der Waals surface area contributed by atoms with Gasteiger partial charge in [-0.05, 0) is 41.9 Å². The Bertz CT molecular complexity index is 719. The number of rotatable bonds is 6. The minimum Gasteiger partial charge on any atom is -0.350 e. The zero-order valence-electron chi connectivity index (χ0n) is 14.8. The van der Waals surface area contributed by atoms with Crippen LogP contribution in [-0.4, -0.2) is 54.1 Å². The average molecular weight is 425 g/mol. The van der Waals surface area contributed by atoms with Crippen LogP contribution in [-0.2, 0) is 4.79 Å². The number of halogens is 2. The molecule has 1 aliphatic rings. The molecule has 0 aliphatic carbocycles. The maximum atomic E-state index is 13.4. The van der Waals surface area contributed by atoms with Crippen molar-refractivity contribution in [1.29, 1.82) is 5.26 Å². The number of nitriles is 1. The number of hydrogen-bond acceptors (Lipinski definition) is 4. The number of benzene rings is 1. The summed E-state index contributed by atoms with van der Waals surface area (Å²) >= 11 is 3.34. The zero-order chi connectivity index (χ0) is 19.3. The molecule has 0 spiro atoms. The second kappa shape index (κ2) is 8.60. The van der Waals surface area contributed by atoms with Gasteiger partial charge in [-0.2, -0.15) is 5.26 Å². The standard InChI is InChI=1S/C18H22BrFN4O2/c1-18(2,11-22-17(26)14-5-3-4-6-15(14)19)23-9-16(25)24-10-12(20)7-13(24)8-21/h3-6,12-13,23H,7,9-11H2,1-2H3,(H,22,26)/t12-,13-/m0/s1. The number of amides is 2. The molecular formula is C18H22BrFN4O2. The molecule has 0 radical (unpaired) electrons. The molecule has 1 aromatic carbocycles. The van der Waals surface area contributed by atoms with Gasteiger partial charge in [0.05, 0.1) is 24.7 Å². The van der Waals surface area contributed by atoms with Gasteiger partial charge in [0.2, 0.25) is 5.91 Å². The maximum absolute atomic E-state index is 13.4. The van der Waals surface area contributed by atoms with E-state index in [0.29, 0.717) is 16.6 Å². The number of likely N-dealkylation sites (tertiary alicyclic amines) is 1. The molecule has 2 atom stereocenters. The topological polar surface area (TPSA) is 85.2 Å². The van der Waals surface area contributed by atoms with Gasteiger partial charge in [-0.25, -0.2) is 4.39 Å². The highest BCUT2D eigenvalue weighted by Gasteiger charge is 2.35. The lowest BCUT2D eigenvalue weighted by Gasteiger charge is -2.28. The van der Waals surface area contributed by atoms with E-state index in [4.69, 9.17) is 5.26 Å². The zero-order valence-corrected chi connectivity index (χ0v) is 16.3. The van der Waals surface area contributed by atoms with Crippen molar-refractivity contribution in [3.63, 3.8) is 0 Å². The molecule has 0 bridgehead atoms. The van der Waals surface area contributed by atoms with E-state index in [2.05, 4.69) is 26.6 Å². The molecule has 1 heterocycles. The highest BCUT2D eigenvalue weighted by Crippen LogP contribution is 2.20. The van der Waals surface area contributed by atoms with Crippen molar-refractivity contribution in [3.05, 3.63) is 34.3 Å². The summed E-state index contributed by atoms with van der Waals surface area (Å²) in [5.74, 6) is -0.537. The fourth-order valence-electron chi connectivity index (χ4n) is 2.70. The monoisotopic (exact) mass is 424 g/mol. The number of hydrogen-bond donors (Lipinski definition) is 2. The third-order valence-electron chi connectivity index (χ3n) is 4.25. The van der Waals surface area contributed by atoms with E-state index in [0.717, 1.165) is 0 Å². The van der Waals surface area contributed by atoms with E-state index in [-0.39, 0.29) is 31.3 Å². The van der Waals surface area contributed by atoms with Crippen molar-refractivity contribution >= 4 is 27.7 Å². The smallest absolute Gasteiger partial charge is 0.252 e. The Hall–Kier alpha value is -1.98. The minimum absolute atomic E-state index is 0.0250. The van der Waals surface area contributed by atoms with E-state index in [9.17, 15) is 14.0 Å². The van der Waals surface area contributed by atoms with Crippen LogP contribution >= 0.6 is 15.9 Å². The van der Waals surface area contributed by atoms with Crippen molar-refractivity contribution in [1.82, 2.24) is 15.5 Å². The van der Waals surface area contributed by atoms with Gasteiger partial charge in [0.1, 0.15) is 12.2 Å².